The Balaban J connectivity index is 2.11. The maximum absolute atomic E-state index is 12.0. The third-order valence-corrected chi connectivity index (χ3v) is 4.39. The highest BCUT2D eigenvalue weighted by atomic mass is 79.9. The van der Waals surface area contributed by atoms with Crippen molar-refractivity contribution >= 4 is 33.4 Å². The summed E-state index contributed by atoms with van der Waals surface area (Å²) in [5, 5.41) is 12.7. The second-order valence-electron chi connectivity index (χ2n) is 4.38. The Hall–Kier alpha value is -0.580. The Morgan fingerprint density at radius 1 is 1.53 bits per heavy atom. The Labute approximate surface area is 113 Å². The largest absolute Gasteiger partial charge is 0.394 e. The molecule has 0 unspecified atom stereocenters. The molecule has 0 aromatic heterocycles. The topological polar surface area (TPSA) is 49.3 Å². The van der Waals surface area contributed by atoms with Crippen LogP contribution < -0.4 is 5.32 Å². The quantitative estimate of drug-likeness (QED) is 0.900. The molecule has 1 fully saturated rings. The van der Waals surface area contributed by atoms with Crippen LogP contribution in [0.4, 0.5) is 0 Å². The molecule has 0 heterocycles. The molecule has 92 valence electrons. The number of rotatable bonds is 3. The zero-order chi connectivity index (χ0) is 12.5. The first-order chi connectivity index (χ1) is 8.06. The minimum atomic E-state index is -0.413. The van der Waals surface area contributed by atoms with Gasteiger partial charge in [0, 0.05) is 10.0 Å². The van der Waals surface area contributed by atoms with E-state index in [1.807, 2.05) is 0 Å². The van der Waals surface area contributed by atoms with Crippen molar-refractivity contribution < 1.29 is 9.90 Å². The van der Waals surface area contributed by atoms with Crippen molar-refractivity contribution in [1.29, 1.82) is 0 Å². The van der Waals surface area contributed by atoms with E-state index < -0.39 is 5.54 Å². The monoisotopic (exact) mass is 317 g/mol. The molecular weight excluding hydrogens is 305 g/mol. The van der Waals surface area contributed by atoms with Crippen molar-refractivity contribution in [3.63, 3.8) is 0 Å². The molecule has 0 radical (unpaired) electrons. The molecule has 3 nitrogen and oxygen atoms in total. The molecule has 1 aromatic carbocycles. The van der Waals surface area contributed by atoms with Gasteiger partial charge in [-0.15, -0.1) is 0 Å². The van der Waals surface area contributed by atoms with Crippen molar-refractivity contribution in [2.45, 2.75) is 24.8 Å². The van der Waals surface area contributed by atoms with Crippen LogP contribution in [-0.2, 0) is 0 Å². The molecule has 1 aliphatic carbocycles. The standard InChI is InChI=1S/C12H13BrClNO2/c13-9-6-8(2-3-10(9)14)11(17)15-12(7-16)4-1-5-12/h2-3,6,16H,1,4-5,7H2,(H,15,17). The fourth-order valence-electron chi connectivity index (χ4n) is 1.88. The average molecular weight is 319 g/mol. The van der Waals surface area contributed by atoms with Crippen LogP contribution in [0.5, 0.6) is 0 Å². The molecule has 17 heavy (non-hydrogen) atoms. The minimum absolute atomic E-state index is 0.00645. The van der Waals surface area contributed by atoms with E-state index in [0.29, 0.717) is 15.1 Å². The van der Waals surface area contributed by atoms with Gasteiger partial charge in [-0.1, -0.05) is 11.6 Å². The second-order valence-corrected chi connectivity index (χ2v) is 5.64. The highest BCUT2D eigenvalue weighted by Gasteiger charge is 2.37. The van der Waals surface area contributed by atoms with Gasteiger partial charge in [0.2, 0.25) is 0 Å². The fraction of sp³-hybridized carbons (Fsp3) is 0.417. The fourth-order valence-corrected chi connectivity index (χ4v) is 2.37. The van der Waals surface area contributed by atoms with Crippen molar-refractivity contribution in [2.75, 3.05) is 6.61 Å². The molecule has 2 N–H and O–H groups in total. The van der Waals surface area contributed by atoms with Gasteiger partial charge < -0.3 is 10.4 Å². The van der Waals surface area contributed by atoms with E-state index in [0.717, 1.165) is 19.3 Å². The summed E-state index contributed by atoms with van der Waals surface area (Å²) in [6, 6.07) is 5.03. The summed E-state index contributed by atoms with van der Waals surface area (Å²) in [7, 11) is 0. The molecule has 0 saturated heterocycles. The average Bonchev–Trinajstić information content (AvgIpc) is 2.27. The lowest BCUT2D eigenvalue weighted by Gasteiger charge is -2.40. The Morgan fingerprint density at radius 3 is 2.71 bits per heavy atom. The zero-order valence-electron chi connectivity index (χ0n) is 9.17. The number of halogens is 2. The molecular formula is C12H13BrClNO2. The first-order valence-electron chi connectivity index (χ1n) is 5.45. The third-order valence-electron chi connectivity index (χ3n) is 3.17. The smallest absolute Gasteiger partial charge is 0.251 e. The number of benzene rings is 1. The first kappa shape index (κ1) is 12.9. The summed E-state index contributed by atoms with van der Waals surface area (Å²) < 4.78 is 0.693. The normalized spacial score (nSPS) is 17.4. The van der Waals surface area contributed by atoms with Gasteiger partial charge >= 0.3 is 0 Å². The molecule has 0 spiro atoms. The van der Waals surface area contributed by atoms with Crippen LogP contribution in [0.25, 0.3) is 0 Å². The van der Waals surface area contributed by atoms with Crippen molar-refractivity contribution in [3.8, 4) is 0 Å². The molecule has 2 rings (SSSR count). The van der Waals surface area contributed by atoms with Crippen LogP contribution in [0.3, 0.4) is 0 Å². The Bertz CT molecular complexity index is 441. The van der Waals surface area contributed by atoms with Gasteiger partial charge in [-0.3, -0.25) is 4.79 Å². The number of aliphatic hydroxyl groups excluding tert-OH is 1. The summed E-state index contributed by atoms with van der Waals surface area (Å²) in [4.78, 5) is 12.0. The van der Waals surface area contributed by atoms with Crippen LogP contribution in [0.15, 0.2) is 22.7 Å². The molecule has 0 atom stereocenters. The predicted molar refractivity (Wildman–Crippen MR) is 70.3 cm³/mol. The van der Waals surface area contributed by atoms with Crippen LogP contribution in [-0.4, -0.2) is 23.2 Å². The van der Waals surface area contributed by atoms with Crippen LogP contribution >= 0.6 is 27.5 Å². The van der Waals surface area contributed by atoms with Crippen LogP contribution in [0.2, 0.25) is 5.02 Å². The molecule has 1 saturated carbocycles. The summed E-state index contributed by atoms with van der Waals surface area (Å²) >= 11 is 9.15. The molecule has 1 aromatic rings. The van der Waals surface area contributed by atoms with Gasteiger partial charge in [-0.05, 0) is 53.4 Å². The first-order valence-corrected chi connectivity index (χ1v) is 6.62. The lowest BCUT2D eigenvalue weighted by atomic mass is 9.77. The SMILES string of the molecule is O=C(NC1(CO)CCC1)c1ccc(Cl)c(Br)c1. The Morgan fingerprint density at radius 2 is 2.24 bits per heavy atom. The van der Waals surface area contributed by atoms with E-state index in [1.165, 1.54) is 0 Å². The van der Waals surface area contributed by atoms with Gasteiger partial charge in [-0.2, -0.15) is 0 Å². The van der Waals surface area contributed by atoms with Gasteiger partial charge in [0.1, 0.15) is 0 Å². The maximum atomic E-state index is 12.0. The van der Waals surface area contributed by atoms with Crippen molar-refractivity contribution in [2.24, 2.45) is 0 Å². The lowest BCUT2D eigenvalue weighted by Crippen LogP contribution is -2.56. The number of nitrogens with one attached hydrogen (secondary N) is 1. The Kier molecular flexibility index (Phi) is 3.76. The zero-order valence-corrected chi connectivity index (χ0v) is 11.5. The van der Waals surface area contributed by atoms with Crippen LogP contribution in [0, 0.1) is 0 Å². The highest BCUT2D eigenvalue weighted by Crippen LogP contribution is 2.31. The van der Waals surface area contributed by atoms with E-state index in [1.54, 1.807) is 18.2 Å². The third kappa shape index (κ3) is 2.64. The van der Waals surface area contributed by atoms with E-state index in [-0.39, 0.29) is 12.5 Å². The molecule has 1 amide bonds. The predicted octanol–water partition coefficient (Wildman–Crippen LogP) is 2.75. The van der Waals surface area contributed by atoms with E-state index in [9.17, 15) is 9.90 Å². The molecule has 5 heteroatoms. The maximum Gasteiger partial charge on any atom is 0.251 e. The van der Waals surface area contributed by atoms with Gasteiger partial charge in [-0.25, -0.2) is 0 Å². The van der Waals surface area contributed by atoms with E-state index in [4.69, 9.17) is 11.6 Å². The van der Waals surface area contributed by atoms with Crippen molar-refractivity contribution in [1.82, 2.24) is 5.32 Å². The van der Waals surface area contributed by atoms with Crippen molar-refractivity contribution in [3.05, 3.63) is 33.3 Å². The molecule has 0 aliphatic heterocycles. The van der Waals surface area contributed by atoms with E-state index >= 15 is 0 Å². The van der Waals surface area contributed by atoms with Gasteiger partial charge in [0.25, 0.3) is 5.91 Å². The summed E-state index contributed by atoms with van der Waals surface area (Å²) in [5.74, 6) is -0.170. The summed E-state index contributed by atoms with van der Waals surface area (Å²) in [6.45, 7) is -0.00645. The van der Waals surface area contributed by atoms with Gasteiger partial charge in [0.05, 0.1) is 17.2 Å². The van der Waals surface area contributed by atoms with Gasteiger partial charge in [0.15, 0.2) is 0 Å². The number of hydrogen-bond acceptors (Lipinski definition) is 2. The molecule has 0 bridgehead atoms. The van der Waals surface area contributed by atoms with Crippen LogP contribution in [0.1, 0.15) is 29.6 Å². The minimum Gasteiger partial charge on any atom is -0.394 e. The number of amides is 1. The summed E-state index contributed by atoms with van der Waals surface area (Å²) in [6.07, 6.45) is 2.72. The number of hydrogen-bond donors (Lipinski definition) is 2. The number of carbonyl (C=O) groups excluding carboxylic acids is 1. The highest BCUT2D eigenvalue weighted by molar-refractivity contribution is 9.10. The number of aliphatic hydroxyl groups is 1. The molecule has 1 aliphatic rings. The van der Waals surface area contributed by atoms with E-state index in [2.05, 4.69) is 21.2 Å². The lowest BCUT2D eigenvalue weighted by molar-refractivity contribution is 0.0641. The second kappa shape index (κ2) is 4.96. The number of carbonyl (C=O) groups is 1. The summed E-state index contributed by atoms with van der Waals surface area (Å²) in [5.41, 5.74) is 0.129.